The van der Waals surface area contributed by atoms with Crippen LogP contribution in [0.3, 0.4) is 0 Å². The molecule has 0 aromatic heterocycles. The van der Waals surface area contributed by atoms with Crippen molar-refractivity contribution < 1.29 is 28.7 Å². The molecule has 1 aliphatic carbocycles. The highest BCUT2D eigenvalue weighted by Gasteiger charge is 2.41. The van der Waals surface area contributed by atoms with Gasteiger partial charge in [0.15, 0.2) is 0 Å². The number of amides is 3. The Morgan fingerprint density at radius 3 is 2.61 bits per heavy atom. The fourth-order valence-electron chi connectivity index (χ4n) is 4.30. The van der Waals surface area contributed by atoms with Crippen molar-refractivity contribution in [2.24, 2.45) is 0 Å². The van der Waals surface area contributed by atoms with Gasteiger partial charge < -0.3 is 20.2 Å². The Morgan fingerprint density at radius 2 is 1.91 bits per heavy atom. The molecule has 0 radical (unpaired) electrons. The molecule has 0 spiro atoms. The Kier molecular flexibility index (Phi) is 8.57. The smallest absolute Gasteiger partial charge is 0.306 e. The van der Waals surface area contributed by atoms with Crippen LogP contribution in [-0.2, 0) is 19.1 Å². The first-order chi connectivity index (χ1) is 16.0. The second-order valence-corrected chi connectivity index (χ2v) is 8.40. The van der Waals surface area contributed by atoms with E-state index in [9.17, 15) is 24.0 Å². The van der Waals surface area contributed by atoms with E-state index in [0.29, 0.717) is 24.9 Å². The summed E-state index contributed by atoms with van der Waals surface area (Å²) in [6.07, 6.45) is 6.66. The summed E-state index contributed by atoms with van der Waals surface area (Å²) in [7, 11) is 1.48. The van der Waals surface area contributed by atoms with Gasteiger partial charge in [0.2, 0.25) is 5.91 Å². The maximum Gasteiger partial charge on any atom is 0.306 e. The van der Waals surface area contributed by atoms with Gasteiger partial charge in [0.1, 0.15) is 12.4 Å². The molecule has 2 aliphatic rings. The molecule has 1 aromatic carbocycles. The maximum absolute atomic E-state index is 13.0. The van der Waals surface area contributed by atoms with Gasteiger partial charge in [0, 0.05) is 32.1 Å². The lowest BCUT2D eigenvalue weighted by Crippen LogP contribution is -2.41. The molecule has 1 atom stereocenters. The van der Waals surface area contributed by atoms with E-state index >= 15 is 0 Å². The summed E-state index contributed by atoms with van der Waals surface area (Å²) in [6, 6.07) is 3.88. The number of carbonyl (C=O) groups is 5. The van der Waals surface area contributed by atoms with E-state index in [1.807, 2.05) is 0 Å². The zero-order chi connectivity index (χ0) is 23.8. The molecular weight excluding hydrogens is 426 g/mol. The summed E-state index contributed by atoms with van der Waals surface area (Å²) in [5.41, 5.74) is 0.900. The Morgan fingerprint density at radius 1 is 1.15 bits per heavy atom. The molecule has 1 fully saturated rings. The molecule has 1 unspecified atom stereocenters. The summed E-state index contributed by atoms with van der Waals surface area (Å²) in [4.78, 5) is 62.0. The van der Waals surface area contributed by atoms with Crippen LogP contribution in [0.1, 0.15) is 78.5 Å². The Balaban J connectivity index is 1.57. The lowest BCUT2D eigenvalue weighted by molar-refractivity contribution is -0.150. The number of nitrogens with zero attached hydrogens (tertiary/aromatic N) is 1. The monoisotopic (exact) mass is 457 g/mol. The van der Waals surface area contributed by atoms with Crippen LogP contribution in [-0.4, -0.2) is 60.6 Å². The van der Waals surface area contributed by atoms with Gasteiger partial charge in [-0.1, -0.05) is 12.5 Å². The molecule has 1 heterocycles. The van der Waals surface area contributed by atoms with Crippen molar-refractivity contribution in [1.82, 2.24) is 10.2 Å². The van der Waals surface area contributed by atoms with E-state index in [-0.39, 0.29) is 48.4 Å². The van der Waals surface area contributed by atoms with E-state index in [2.05, 4.69) is 10.6 Å². The summed E-state index contributed by atoms with van der Waals surface area (Å²) in [6.45, 7) is 0.422. The molecule has 9 heteroatoms. The molecule has 33 heavy (non-hydrogen) atoms. The van der Waals surface area contributed by atoms with Crippen molar-refractivity contribution in [2.45, 2.75) is 69.9 Å². The predicted molar refractivity (Wildman–Crippen MR) is 121 cm³/mol. The lowest BCUT2D eigenvalue weighted by atomic mass is 9.98. The summed E-state index contributed by atoms with van der Waals surface area (Å²) >= 11 is 0. The topological polar surface area (TPSA) is 122 Å². The molecular formula is C24H31N3O6. The van der Waals surface area contributed by atoms with Crippen molar-refractivity contribution in [3.63, 3.8) is 0 Å². The van der Waals surface area contributed by atoms with E-state index in [1.165, 1.54) is 13.5 Å². The molecule has 3 amide bonds. The number of carbonyl (C=O) groups excluding carboxylic acids is 5. The number of benzene rings is 1. The lowest BCUT2D eigenvalue weighted by Gasteiger charge is -2.21. The minimum atomic E-state index is -1.02. The minimum absolute atomic E-state index is 0.0232. The van der Waals surface area contributed by atoms with E-state index in [0.717, 1.165) is 30.6 Å². The molecule has 0 saturated heterocycles. The highest BCUT2D eigenvalue weighted by atomic mass is 16.5. The molecule has 1 saturated carbocycles. The molecule has 0 bridgehead atoms. The van der Waals surface area contributed by atoms with Crippen molar-refractivity contribution >= 4 is 35.7 Å². The summed E-state index contributed by atoms with van der Waals surface area (Å²) in [5.74, 6) is -1.61. The van der Waals surface area contributed by atoms with Gasteiger partial charge in [0.25, 0.3) is 11.8 Å². The third kappa shape index (κ3) is 5.97. The first kappa shape index (κ1) is 24.4. The number of ether oxygens (including phenoxy) is 1. The maximum atomic E-state index is 13.0. The van der Waals surface area contributed by atoms with Gasteiger partial charge in [-0.25, -0.2) is 0 Å². The van der Waals surface area contributed by atoms with Crippen molar-refractivity contribution in [2.75, 3.05) is 18.9 Å². The summed E-state index contributed by atoms with van der Waals surface area (Å²) < 4.78 is 5.52. The first-order valence-electron chi connectivity index (χ1n) is 11.6. The van der Waals surface area contributed by atoms with Crippen LogP contribution in [0.2, 0.25) is 0 Å². The molecule has 2 N–H and O–H groups in total. The largest absolute Gasteiger partial charge is 0.462 e. The number of fused-ring (bicyclic) bond motifs is 1. The Hall–Kier alpha value is -3.23. The van der Waals surface area contributed by atoms with Gasteiger partial charge >= 0.3 is 5.97 Å². The summed E-state index contributed by atoms with van der Waals surface area (Å²) in [5, 5.41) is 5.59. The van der Waals surface area contributed by atoms with Crippen molar-refractivity contribution in [1.29, 1.82) is 0 Å². The zero-order valence-corrected chi connectivity index (χ0v) is 18.9. The fraction of sp³-hybridized carbons (Fsp3) is 0.542. The number of imide groups is 1. The number of hydrogen-bond donors (Lipinski definition) is 2. The molecule has 178 valence electrons. The predicted octanol–water partition coefficient (Wildman–Crippen LogP) is 2.44. The molecule has 9 nitrogen and oxygen atoms in total. The zero-order valence-electron chi connectivity index (χ0n) is 18.9. The first-order valence-corrected chi connectivity index (χ1v) is 11.6. The average molecular weight is 458 g/mol. The number of anilines is 1. The van der Waals surface area contributed by atoms with E-state index in [4.69, 9.17) is 4.74 Å². The number of aldehydes is 1. The highest BCUT2D eigenvalue weighted by Crippen LogP contribution is 2.31. The van der Waals surface area contributed by atoms with Crippen LogP contribution in [0, 0.1) is 0 Å². The van der Waals surface area contributed by atoms with E-state index < -0.39 is 17.9 Å². The van der Waals surface area contributed by atoms with Gasteiger partial charge in [-0.2, -0.15) is 0 Å². The highest BCUT2D eigenvalue weighted by molar-refractivity contribution is 6.24. The third-order valence-electron chi connectivity index (χ3n) is 6.10. The van der Waals surface area contributed by atoms with Crippen molar-refractivity contribution in [3.05, 3.63) is 29.3 Å². The average Bonchev–Trinajstić information content (AvgIpc) is 3.08. The third-order valence-corrected chi connectivity index (χ3v) is 6.10. The second kappa shape index (κ2) is 11.6. The molecule has 3 rings (SSSR count). The van der Waals surface area contributed by atoms with Crippen LogP contribution in [0.5, 0.6) is 0 Å². The van der Waals surface area contributed by atoms with Gasteiger partial charge in [-0.3, -0.25) is 24.1 Å². The number of esters is 1. The van der Waals surface area contributed by atoms with Gasteiger partial charge in [-0.15, -0.1) is 0 Å². The standard InChI is InChI=1S/C24H31N3O6/c1-25-20(29)13-12-16(15-28)27-23(31)18-9-5-10-19(22(18)24(27)32)26-14-6-11-21(30)33-17-7-3-2-4-8-17/h5,9-10,15-17,26H,2-4,6-8,11-14H2,1H3,(H,25,29). The number of nitrogens with one attached hydrogen (secondary N) is 2. The normalized spacial score (nSPS) is 16.8. The van der Waals surface area contributed by atoms with E-state index in [1.54, 1.807) is 18.2 Å². The number of rotatable bonds is 11. The molecule has 1 aromatic rings. The Labute approximate surface area is 193 Å². The Bertz CT molecular complexity index is 909. The van der Waals surface area contributed by atoms with Crippen molar-refractivity contribution in [3.8, 4) is 0 Å². The van der Waals surface area contributed by atoms with Gasteiger partial charge in [0.05, 0.1) is 17.2 Å². The molecule has 1 aliphatic heterocycles. The quantitative estimate of drug-likeness (QED) is 0.226. The van der Waals surface area contributed by atoms with Crippen LogP contribution >= 0.6 is 0 Å². The van der Waals surface area contributed by atoms with Gasteiger partial charge in [-0.05, 0) is 50.7 Å². The van der Waals surface area contributed by atoms with Crippen LogP contribution < -0.4 is 10.6 Å². The SMILES string of the molecule is CNC(=O)CCC(C=O)N1C(=O)c2cccc(NCCCC(=O)OC3CCCCC3)c2C1=O. The fourth-order valence-corrected chi connectivity index (χ4v) is 4.30. The second-order valence-electron chi connectivity index (χ2n) is 8.40. The minimum Gasteiger partial charge on any atom is -0.462 e. The van der Waals surface area contributed by atoms with Crippen LogP contribution in [0.25, 0.3) is 0 Å². The number of hydrogen-bond acceptors (Lipinski definition) is 7. The van der Waals surface area contributed by atoms with Crippen LogP contribution in [0.4, 0.5) is 5.69 Å². The van der Waals surface area contributed by atoms with Crippen LogP contribution in [0.15, 0.2) is 18.2 Å².